The summed E-state index contributed by atoms with van der Waals surface area (Å²) in [6.07, 6.45) is 0. The maximum Gasteiger partial charge on any atom is 0.417 e. The molecule has 0 atom stereocenters. The van der Waals surface area contributed by atoms with E-state index in [9.17, 15) is 9.59 Å². The van der Waals surface area contributed by atoms with E-state index in [-0.39, 0.29) is 17.6 Å². The van der Waals surface area contributed by atoms with Crippen LogP contribution in [0.25, 0.3) is 11.1 Å². The molecule has 1 N–H and O–H groups in total. The molecule has 0 aliphatic carbocycles. The number of aryl methyl sites for hydroxylation is 1. The lowest BCUT2D eigenvalue weighted by atomic mass is 10.2. The van der Waals surface area contributed by atoms with Crippen molar-refractivity contribution >= 4 is 22.7 Å². The first-order chi connectivity index (χ1) is 11.0. The van der Waals surface area contributed by atoms with E-state index in [1.807, 2.05) is 6.92 Å². The van der Waals surface area contributed by atoms with Gasteiger partial charge in [0, 0.05) is 10.6 Å². The second-order valence-electron chi connectivity index (χ2n) is 4.92. The molecule has 8 heteroatoms. The monoisotopic (exact) mass is 335 g/mol. The zero-order valence-corrected chi connectivity index (χ0v) is 13.3. The van der Waals surface area contributed by atoms with Gasteiger partial charge < -0.3 is 9.15 Å². The highest BCUT2D eigenvalue weighted by molar-refractivity contribution is 6.31. The lowest BCUT2D eigenvalue weighted by molar-refractivity contribution is 0.335. The largest absolute Gasteiger partial charge is 0.493 e. The van der Waals surface area contributed by atoms with Crippen molar-refractivity contribution < 1.29 is 9.15 Å². The van der Waals surface area contributed by atoms with Gasteiger partial charge in [-0.1, -0.05) is 17.7 Å². The van der Waals surface area contributed by atoms with Crippen LogP contribution in [0.2, 0.25) is 5.02 Å². The number of aromatic nitrogens is 3. The number of benzene rings is 1. The third kappa shape index (κ3) is 2.75. The molecule has 23 heavy (non-hydrogen) atoms. The molecule has 3 aromatic rings. The van der Waals surface area contributed by atoms with Gasteiger partial charge in [-0.15, -0.1) is 0 Å². The van der Waals surface area contributed by atoms with Crippen LogP contribution < -0.4 is 16.1 Å². The molecule has 0 unspecified atom stereocenters. The Bertz CT molecular complexity index is 987. The summed E-state index contributed by atoms with van der Waals surface area (Å²) >= 11 is 6.23. The predicted octanol–water partition coefficient (Wildman–Crippen LogP) is 2.09. The van der Waals surface area contributed by atoms with Crippen LogP contribution >= 0.6 is 11.6 Å². The second kappa shape index (κ2) is 5.92. The molecule has 0 saturated carbocycles. The SMILES string of the molecule is CCOc1cccc(Cl)c1Cn1nc(C)c2oc(=O)[nH]c2c1=O. The highest BCUT2D eigenvalue weighted by atomic mass is 35.5. The summed E-state index contributed by atoms with van der Waals surface area (Å²) in [5.41, 5.74) is 0.880. The van der Waals surface area contributed by atoms with Gasteiger partial charge in [0.15, 0.2) is 11.1 Å². The Balaban J connectivity index is 2.15. The summed E-state index contributed by atoms with van der Waals surface area (Å²) in [5.74, 6) is -0.0976. The molecule has 0 aliphatic rings. The lowest BCUT2D eigenvalue weighted by Crippen LogP contribution is -2.25. The van der Waals surface area contributed by atoms with Crippen LogP contribution in [0.3, 0.4) is 0 Å². The van der Waals surface area contributed by atoms with Gasteiger partial charge in [-0.05, 0) is 26.0 Å². The van der Waals surface area contributed by atoms with Crippen molar-refractivity contribution in [1.29, 1.82) is 0 Å². The number of ether oxygens (including phenoxy) is 1. The molecule has 0 bridgehead atoms. The molecule has 0 aliphatic heterocycles. The maximum atomic E-state index is 12.5. The van der Waals surface area contributed by atoms with Gasteiger partial charge >= 0.3 is 5.76 Å². The fourth-order valence-electron chi connectivity index (χ4n) is 2.37. The van der Waals surface area contributed by atoms with Crippen LogP contribution in [-0.4, -0.2) is 21.4 Å². The van der Waals surface area contributed by atoms with Gasteiger partial charge in [0.1, 0.15) is 11.4 Å². The normalized spacial score (nSPS) is 11.1. The van der Waals surface area contributed by atoms with Gasteiger partial charge in [0.2, 0.25) is 0 Å². The molecule has 0 spiro atoms. The van der Waals surface area contributed by atoms with Crippen molar-refractivity contribution in [2.24, 2.45) is 0 Å². The van der Waals surface area contributed by atoms with Crippen LogP contribution in [0.5, 0.6) is 5.75 Å². The summed E-state index contributed by atoms with van der Waals surface area (Å²) in [6, 6.07) is 5.27. The molecule has 0 amide bonds. The van der Waals surface area contributed by atoms with E-state index >= 15 is 0 Å². The number of hydrogen-bond acceptors (Lipinski definition) is 5. The zero-order chi connectivity index (χ0) is 16.6. The fourth-order valence-corrected chi connectivity index (χ4v) is 2.60. The minimum atomic E-state index is -0.688. The summed E-state index contributed by atoms with van der Waals surface area (Å²) in [4.78, 5) is 26.2. The summed E-state index contributed by atoms with van der Waals surface area (Å²) in [6.45, 7) is 4.12. The second-order valence-corrected chi connectivity index (χ2v) is 5.32. The number of H-pyrrole nitrogens is 1. The van der Waals surface area contributed by atoms with E-state index in [2.05, 4.69) is 10.1 Å². The Kier molecular flexibility index (Phi) is 3.96. The highest BCUT2D eigenvalue weighted by Gasteiger charge is 2.16. The number of nitrogens with zero attached hydrogens (tertiary/aromatic N) is 2. The quantitative estimate of drug-likeness (QED) is 0.788. The van der Waals surface area contributed by atoms with Crippen molar-refractivity contribution in [1.82, 2.24) is 14.8 Å². The van der Waals surface area contributed by atoms with E-state index < -0.39 is 11.3 Å². The number of hydrogen-bond donors (Lipinski definition) is 1. The molecule has 0 radical (unpaired) electrons. The molecular weight excluding hydrogens is 322 g/mol. The standard InChI is InChI=1S/C15H14ClN3O4/c1-3-22-11-6-4-5-10(16)9(11)7-19-14(20)12-13(8(2)18-19)23-15(21)17-12/h4-6H,3,7H2,1-2H3,(H,17,21). The molecular formula is C15H14ClN3O4. The number of rotatable bonds is 4. The Hall–Kier alpha value is -2.54. The first-order valence-electron chi connectivity index (χ1n) is 7.02. The average Bonchev–Trinajstić information content (AvgIpc) is 2.90. The molecule has 0 saturated heterocycles. The molecule has 1 aromatic carbocycles. The van der Waals surface area contributed by atoms with Crippen molar-refractivity contribution in [2.45, 2.75) is 20.4 Å². The van der Waals surface area contributed by atoms with Crippen LogP contribution in [0.1, 0.15) is 18.2 Å². The fraction of sp³-hybridized carbons (Fsp3) is 0.267. The average molecular weight is 336 g/mol. The van der Waals surface area contributed by atoms with Gasteiger partial charge in [0.25, 0.3) is 5.56 Å². The Labute approximate surface area is 135 Å². The maximum absolute atomic E-state index is 12.5. The summed E-state index contributed by atoms with van der Waals surface area (Å²) < 4.78 is 11.7. The van der Waals surface area contributed by atoms with Gasteiger partial charge in [-0.25, -0.2) is 9.48 Å². The van der Waals surface area contributed by atoms with Crippen LogP contribution in [0.4, 0.5) is 0 Å². The van der Waals surface area contributed by atoms with Gasteiger partial charge in [-0.2, -0.15) is 5.10 Å². The van der Waals surface area contributed by atoms with E-state index in [0.29, 0.717) is 28.6 Å². The minimum absolute atomic E-state index is 0.0903. The zero-order valence-electron chi connectivity index (χ0n) is 12.6. The molecule has 2 aromatic heterocycles. The number of halogens is 1. The van der Waals surface area contributed by atoms with Crippen molar-refractivity contribution in [3.63, 3.8) is 0 Å². The smallest absolute Gasteiger partial charge is 0.417 e. The van der Waals surface area contributed by atoms with Crippen LogP contribution in [-0.2, 0) is 6.54 Å². The van der Waals surface area contributed by atoms with E-state index in [1.165, 1.54) is 4.68 Å². The van der Waals surface area contributed by atoms with Crippen LogP contribution in [0, 0.1) is 6.92 Å². The third-order valence-corrected chi connectivity index (χ3v) is 3.73. The molecule has 3 rings (SSSR count). The first-order valence-corrected chi connectivity index (χ1v) is 7.39. The summed E-state index contributed by atoms with van der Waals surface area (Å²) in [5, 5.41) is 4.66. The topological polar surface area (TPSA) is 90.1 Å². The van der Waals surface area contributed by atoms with E-state index in [0.717, 1.165) is 0 Å². The van der Waals surface area contributed by atoms with Gasteiger partial charge in [0.05, 0.1) is 13.2 Å². The summed E-state index contributed by atoms with van der Waals surface area (Å²) in [7, 11) is 0. The van der Waals surface area contributed by atoms with E-state index in [4.69, 9.17) is 20.8 Å². The number of nitrogens with one attached hydrogen (secondary N) is 1. The first kappa shape index (κ1) is 15.4. The Morgan fingerprint density at radius 3 is 2.91 bits per heavy atom. The lowest BCUT2D eigenvalue weighted by Gasteiger charge is -2.13. The number of aromatic amines is 1. The highest BCUT2D eigenvalue weighted by Crippen LogP contribution is 2.27. The minimum Gasteiger partial charge on any atom is -0.493 e. The molecule has 7 nitrogen and oxygen atoms in total. The van der Waals surface area contributed by atoms with E-state index in [1.54, 1.807) is 25.1 Å². The molecule has 0 fully saturated rings. The Morgan fingerprint density at radius 2 is 2.17 bits per heavy atom. The van der Waals surface area contributed by atoms with Crippen molar-refractivity contribution in [3.05, 3.63) is 55.4 Å². The Morgan fingerprint density at radius 1 is 1.39 bits per heavy atom. The predicted molar refractivity (Wildman–Crippen MR) is 85.3 cm³/mol. The van der Waals surface area contributed by atoms with Gasteiger partial charge in [-0.3, -0.25) is 9.78 Å². The third-order valence-electron chi connectivity index (χ3n) is 3.38. The number of oxazole rings is 1. The number of fused-ring (bicyclic) bond motifs is 1. The van der Waals surface area contributed by atoms with Crippen molar-refractivity contribution in [2.75, 3.05) is 6.61 Å². The molecule has 120 valence electrons. The van der Waals surface area contributed by atoms with Crippen molar-refractivity contribution in [3.8, 4) is 5.75 Å². The van der Waals surface area contributed by atoms with Crippen LogP contribution in [0.15, 0.2) is 32.2 Å². The molecule has 2 heterocycles.